The number of nitrogens with two attached hydrogens (primary N) is 1. The molecule has 126 valence electrons. The van der Waals surface area contributed by atoms with E-state index in [1.54, 1.807) is 30.3 Å². The van der Waals surface area contributed by atoms with Crippen LogP contribution in [-0.4, -0.2) is 30.9 Å². The summed E-state index contributed by atoms with van der Waals surface area (Å²) in [6, 6.07) is 9.42. The van der Waals surface area contributed by atoms with E-state index >= 15 is 0 Å². The molecule has 0 saturated carbocycles. The molecule has 2 aromatic rings. The van der Waals surface area contributed by atoms with E-state index in [2.05, 4.69) is 26.6 Å². The van der Waals surface area contributed by atoms with Crippen LogP contribution in [0.1, 0.15) is 10.6 Å². The van der Waals surface area contributed by atoms with E-state index in [4.69, 9.17) is 14.9 Å². The first-order valence-electron chi connectivity index (χ1n) is 6.78. The third kappa shape index (κ3) is 5.43. The molecule has 0 bridgehead atoms. The zero-order valence-corrected chi connectivity index (χ0v) is 14.0. The first-order chi connectivity index (χ1) is 11.4. The number of anilines is 1. The lowest BCUT2D eigenvalue weighted by Crippen LogP contribution is -2.32. The SMILES string of the molecule is NC(=O)COc1ccc(NC(=O)CNC(=O)c2ccc(Br)o2)cc1. The monoisotopic (exact) mass is 395 g/mol. The van der Waals surface area contributed by atoms with Crippen molar-refractivity contribution in [2.75, 3.05) is 18.5 Å². The van der Waals surface area contributed by atoms with Gasteiger partial charge in [-0.15, -0.1) is 0 Å². The Balaban J connectivity index is 1.79. The molecule has 0 unspecified atom stereocenters. The molecule has 0 radical (unpaired) electrons. The number of primary amides is 1. The Bertz CT molecular complexity index is 742. The lowest BCUT2D eigenvalue weighted by atomic mass is 10.3. The Kier molecular flexibility index (Phi) is 5.96. The van der Waals surface area contributed by atoms with Crippen molar-refractivity contribution in [3.05, 3.63) is 46.8 Å². The number of carbonyl (C=O) groups is 3. The van der Waals surface area contributed by atoms with Crippen molar-refractivity contribution in [1.82, 2.24) is 5.32 Å². The van der Waals surface area contributed by atoms with E-state index in [-0.39, 0.29) is 18.9 Å². The minimum absolute atomic E-state index is 0.102. The topological polar surface area (TPSA) is 124 Å². The molecule has 3 amide bonds. The van der Waals surface area contributed by atoms with Crippen LogP contribution in [0.2, 0.25) is 0 Å². The summed E-state index contributed by atoms with van der Waals surface area (Å²) in [5.41, 5.74) is 5.49. The van der Waals surface area contributed by atoms with Crippen LogP contribution < -0.4 is 21.1 Å². The summed E-state index contributed by atoms with van der Waals surface area (Å²) in [7, 11) is 0. The highest BCUT2D eigenvalue weighted by molar-refractivity contribution is 9.10. The number of ether oxygens (including phenoxy) is 1. The van der Waals surface area contributed by atoms with Crippen molar-refractivity contribution in [2.45, 2.75) is 0 Å². The average molecular weight is 396 g/mol. The Hall–Kier alpha value is -2.81. The van der Waals surface area contributed by atoms with Gasteiger partial charge in [-0.2, -0.15) is 0 Å². The van der Waals surface area contributed by atoms with Crippen molar-refractivity contribution in [3.8, 4) is 5.75 Å². The molecule has 0 aliphatic carbocycles. The number of nitrogens with one attached hydrogen (secondary N) is 2. The fourth-order valence-electron chi connectivity index (χ4n) is 1.68. The standard InChI is InChI=1S/C15H14BrN3O5/c16-12-6-5-11(24-12)15(22)18-7-14(21)19-9-1-3-10(4-2-9)23-8-13(17)20/h1-6H,7-8H2,(H2,17,20)(H,18,22)(H,19,21). The number of furan rings is 1. The molecule has 8 nitrogen and oxygen atoms in total. The van der Waals surface area contributed by atoms with Crippen LogP contribution in [-0.2, 0) is 9.59 Å². The third-order valence-corrected chi connectivity index (χ3v) is 3.15. The van der Waals surface area contributed by atoms with Gasteiger partial charge in [0.25, 0.3) is 11.8 Å². The molecule has 9 heteroatoms. The van der Waals surface area contributed by atoms with Gasteiger partial charge in [0.15, 0.2) is 17.0 Å². The third-order valence-electron chi connectivity index (χ3n) is 2.73. The molecule has 0 saturated heterocycles. The number of benzene rings is 1. The van der Waals surface area contributed by atoms with E-state index in [1.165, 1.54) is 6.07 Å². The van der Waals surface area contributed by atoms with Gasteiger partial charge in [-0.25, -0.2) is 0 Å². The Morgan fingerprint density at radius 3 is 2.42 bits per heavy atom. The molecule has 0 spiro atoms. The summed E-state index contributed by atoms with van der Waals surface area (Å²) in [5, 5.41) is 5.04. The second kappa shape index (κ2) is 8.16. The summed E-state index contributed by atoms with van der Waals surface area (Å²) >= 11 is 3.09. The predicted molar refractivity (Wildman–Crippen MR) is 88.5 cm³/mol. The maximum Gasteiger partial charge on any atom is 0.287 e. The van der Waals surface area contributed by atoms with E-state index < -0.39 is 17.7 Å². The Labute approximate surface area is 145 Å². The second-order valence-electron chi connectivity index (χ2n) is 4.61. The second-order valence-corrected chi connectivity index (χ2v) is 5.40. The maximum atomic E-state index is 11.8. The van der Waals surface area contributed by atoms with Crippen LogP contribution in [0.4, 0.5) is 5.69 Å². The lowest BCUT2D eigenvalue weighted by molar-refractivity contribution is -0.120. The van der Waals surface area contributed by atoms with Crippen molar-refractivity contribution < 1.29 is 23.5 Å². The van der Waals surface area contributed by atoms with Gasteiger partial charge < -0.3 is 25.5 Å². The minimum atomic E-state index is -0.577. The first kappa shape index (κ1) is 17.5. The molecule has 24 heavy (non-hydrogen) atoms. The lowest BCUT2D eigenvalue weighted by Gasteiger charge is -2.08. The summed E-state index contributed by atoms with van der Waals surface area (Å²) in [6.07, 6.45) is 0. The van der Waals surface area contributed by atoms with Crippen LogP contribution in [0.3, 0.4) is 0 Å². The van der Waals surface area contributed by atoms with Crippen LogP contribution in [0.15, 0.2) is 45.5 Å². The van der Waals surface area contributed by atoms with Crippen LogP contribution >= 0.6 is 15.9 Å². The van der Waals surface area contributed by atoms with E-state index in [0.717, 1.165) is 0 Å². The van der Waals surface area contributed by atoms with Gasteiger partial charge in [0, 0.05) is 5.69 Å². The average Bonchev–Trinajstić information content (AvgIpc) is 2.98. The smallest absolute Gasteiger partial charge is 0.287 e. The molecule has 0 aliphatic heterocycles. The van der Waals surface area contributed by atoms with E-state index in [9.17, 15) is 14.4 Å². The van der Waals surface area contributed by atoms with Gasteiger partial charge in [-0.3, -0.25) is 14.4 Å². The molecule has 0 aliphatic rings. The molecule has 0 atom stereocenters. The normalized spacial score (nSPS) is 10.0. The predicted octanol–water partition coefficient (Wildman–Crippen LogP) is 1.27. The van der Waals surface area contributed by atoms with Crippen LogP contribution in [0, 0.1) is 0 Å². The molecule has 1 aromatic carbocycles. The summed E-state index contributed by atoms with van der Waals surface area (Å²) in [4.78, 5) is 34.1. The maximum absolute atomic E-state index is 11.8. The minimum Gasteiger partial charge on any atom is -0.484 e. The molecular formula is C15H14BrN3O5. The van der Waals surface area contributed by atoms with Gasteiger partial charge in [0.2, 0.25) is 5.91 Å². The summed E-state index contributed by atoms with van der Waals surface area (Å²) in [5.74, 6) is -0.924. The zero-order valence-electron chi connectivity index (χ0n) is 12.4. The largest absolute Gasteiger partial charge is 0.484 e. The van der Waals surface area contributed by atoms with Crippen molar-refractivity contribution in [3.63, 3.8) is 0 Å². The molecular weight excluding hydrogens is 382 g/mol. The Morgan fingerprint density at radius 2 is 1.83 bits per heavy atom. The Morgan fingerprint density at radius 1 is 1.12 bits per heavy atom. The highest BCUT2D eigenvalue weighted by atomic mass is 79.9. The quantitative estimate of drug-likeness (QED) is 0.651. The number of hydrogen-bond donors (Lipinski definition) is 3. The fourth-order valence-corrected chi connectivity index (χ4v) is 1.98. The van der Waals surface area contributed by atoms with Gasteiger partial charge in [-0.05, 0) is 52.3 Å². The molecule has 0 fully saturated rings. The molecule has 2 rings (SSSR count). The summed E-state index contributed by atoms with van der Waals surface area (Å²) in [6.45, 7) is -0.433. The highest BCUT2D eigenvalue weighted by Gasteiger charge is 2.12. The number of rotatable bonds is 7. The van der Waals surface area contributed by atoms with Crippen LogP contribution in [0.25, 0.3) is 0 Å². The van der Waals surface area contributed by atoms with Gasteiger partial charge in [0.05, 0.1) is 6.54 Å². The van der Waals surface area contributed by atoms with Gasteiger partial charge in [-0.1, -0.05) is 0 Å². The van der Waals surface area contributed by atoms with Crippen molar-refractivity contribution >= 4 is 39.3 Å². The molecule has 1 aromatic heterocycles. The zero-order chi connectivity index (χ0) is 17.5. The molecule has 4 N–H and O–H groups in total. The number of amides is 3. The van der Waals surface area contributed by atoms with Gasteiger partial charge in [0.1, 0.15) is 5.75 Å². The van der Waals surface area contributed by atoms with Crippen LogP contribution in [0.5, 0.6) is 5.75 Å². The summed E-state index contributed by atoms with van der Waals surface area (Å²) < 4.78 is 10.6. The fraction of sp³-hybridized carbons (Fsp3) is 0.133. The van der Waals surface area contributed by atoms with Crippen molar-refractivity contribution in [1.29, 1.82) is 0 Å². The molecule has 1 heterocycles. The van der Waals surface area contributed by atoms with Crippen molar-refractivity contribution in [2.24, 2.45) is 5.73 Å². The first-order valence-corrected chi connectivity index (χ1v) is 7.58. The number of hydrogen-bond acceptors (Lipinski definition) is 5. The highest BCUT2D eigenvalue weighted by Crippen LogP contribution is 2.16. The van der Waals surface area contributed by atoms with E-state index in [1.807, 2.05) is 0 Å². The number of halogens is 1. The van der Waals surface area contributed by atoms with Gasteiger partial charge >= 0.3 is 0 Å². The van der Waals surface area contributed by atoms with E-state index in [0.29, 0.717) is 16.1 Å². The number of carbonyl (C=O) groups excluding carboxylic acids is 3.